The van der Waals surface area contributed by atoms with Crippen molar-refractivity contribution >= 4 is 41.6 Å². The molecule has 192 valence electrons. The number of pyridine rings is 1. The predicted octanol–water partition coefficient (Wildman–Crippen LogP) is 6.40. The van der Waals surface area contributed by atoms with Crippen molar-refractivity contribution in [2.45, 2.75) is 51.9 Å². The minimum absolute atomic E-state index is 0.195. The van der Waals surface area contributed by atoms with Crippen LogP contribution in [0.25, 0.3) is 10.9 Å². The standard InChI is InChI=1S/C30H35FN4OSi/c1-30(2,3)37(4,5)25-11-12-26-22(17-25)18-27(35(26)20-21-8-6-9-23(31)16-21)29(36)33-24-10-13-28(32-19-24)34-14-7-15-34/h6,8-13,16-19H,7,14-15,20H2,1-5H3,(H,33,36). The van der Waals surface area contributed by atoms with E-state index in [-0.39, 0.29) is 16.8 Å². The van der Waals surface area contributed by atoms with E-state index in [2.05, 4.69) is 67.3 Å². The van der Waals surface area contributed by atoms with Crippen LogP contribution in [0.1, 0.15) is 43.2 Å². The van der Waals surface area contributed by atoms with Crippen molar-refractivity contribution in [3.05, 3.63) is 83.9 Å². The maximum atomic E-state index is 14.0. The molecule has 2 aromatic carbocycles. The number of fused-ring (bicyclic) bond motifs is 1. The lowest BCUT2D eigenvalue weighted by Gasteiger charge is -2.37. The Balaban J connectivity index is 1.52. The Kier molecular flexibility index (Phi) is 6.44. The fraction of sp³-hybridized carbons (Fsp3) is 0.333. The highest BCUT2D eigenvalue weighted by molar-refractivity contribution is 6.92. The van der Waals surface area contributed by atoms with E-state index in [0.29, 0.717) is 17.9 Å². The molecule has 0 saturated carbocycles. The Morgan fingerprint density at radius 3 is 2.46 bits per heavy atom. The lowest BCUT2D eigenvalue weighted by molar-refractivity contribution is 0.101. The third-order valence-electron chi connectivity index (χ3n) is 8.15. The molecule has 0 bridgehead atoms. The molecule has 4 aromatic rings. The summed E-state index contributed by atoms with van der Waals surface area (Å²) in [6.07, 6.45) is 2.90. The monoisotopic (exact) mass is 514 g/mol. The fourth-order valence-corrected chi connectivity index (χ4v) is 6.54. The minimum atomic E-state index is -1.76. The number of aromatic nitrogens is 2. The number of halogens is 1. The lowest BCUT2D eigenvalue weighted by Crippen LogP contribution is -2.49. The molecule has 0 radical (unpaired) electrons. The number of nitrogens with one attached hydrogen (secondary N) is 1. The van der Waals surface area contributed by atoms with Gasteiger partial charge >= 0.3 is 0 Å². The van der Waals surface area contributed by atoms with Gasteiger partial charge in [0.05, 0.1) is 20.0 Å². The van der Waals surface area contributed by atoms with Gasteiger partial charge in [-0.25, -0.2) is 9.37 Å². The fourth-order valence-electron chi connectivity index (χ4n) is 4.66. The highest BCUT2D eigenvalue weighted by Crippen LogP contribution is 2.36. The SMILES string of the molecule is CC(C)(C)[Si](C)(C)c1ccc2c(c1)cc(C(=O)Nc1ccc(N3CCC3)nc1)n2Cc1cccc(F)c1. The summed E-state index contributed by atoms with van der Waals surface area (Å²) in [6, 6.07) is 18.9. The third kappa shape index (κ3) is 4.92. The first kappa shape index (κ1) is 25.2. The van der Waals surface area contributed by atoms with Gasteiger partial charge in [-0.1, -0.05) is 63.3 Å². The van der Waals surface area contributed by atoms with E-state index in [1.807, 2.05) is 28.8 Å². The molecule has 5 nitrogen and oxygen atoms in total. The van der Waals surface area contributed by atoms with Crippen LogP contribution in [0.3, 0.4) is 0 Å². The van der Waals surface area contributed by atoms with Crippen LogP contribution < -0.4 is 15.4 Å². The molecule has 0 aliphatic carbocycles. The first-order chi connectivity index (χ1) is 17.5. The molecular weight excluding hydrogens is 479 g/mol. The average molecular weight is 515 g/mol. The summed E-state index contributed by atoms with van der Waals surface area (Å²) in [5, 5.41) is 5.59. The van der Waals surface area contributed by atoms with Crippen molar-refractivity contribution < 1.29 is 9.18 Å². The molecule has 1 N–H and O–H groups in total. The first-order valence-corrected chi connectivity index (χ1v) is 15.9. The van der Waals surface area contributed by atoms with Crippen molar-refractivity contribution in [2.75, 3.05) is 23.3 Å². The number of nitrogens with zero attached hydrogens (tertiary/aromatic N) is 3. The summed E-state index contributed by atoms with van der Waals surface area (Å²) in [5.41, 5.74) is 2.96. The topological polar surface area (TPSA) is 50.2 Å². The highest BCUT2D eigenvalue weighted by Gasteiger charge is 2.37. The number of amides is 1. The summed E-state index contributed by atoms with van der Waals surface area (Å²) in [5.74, 6) is 0.441. The number of hydrogen-bond acceptors (Lipinski definition) is 3. The van der Waals surface area contributed by atoms with E-state index >= 15 is 0 Å². The van der Waals surface area contributed by atoms with Gasteiger partial charge in [-0.2, -0.15) is 0 Å². The summed E-state index contributed by atoms with van der Waals surface area (Å²) in [4.78, 5) is 20.3. The second-order valence-electron chi connectivity index (χ2n) is 11.6. The van der Waals surface area contributed by atoms with Crippen LogP contribution in [0.15, 0.2) is 66.9 Å². The molecule has 3 heterocycles. The van der Waals surface area contributed by atoms with Gasteiger partial charge in [-0.05, 0) is 53.4 Å². The normalized spacial score (nSPS) is 14.1. The Labute approximate surface area is 219 Å². The van der Waals surface area contributed by atoms with Crippen LogP contribution in [0.4, 0.5) is 15.9 Å². The van der Waals surface area contributed by atoms with Gasteiger partial charge in [0.25, 0.3) is 5.91 Å². The summed E-state index contributed by atoms with van der Waals surface area (Å²) in [6.45, 7) is 14.1. The second-order valence-corrected chi connectivity index (χ2v) is 16.9. The van der Waals surface area contributed by atoms with E-state index in [0.717, 1.165) is 35.4 Å². The zero-order chi connectivity index (χ0) is 26.4. The van der Waals surface area contributed by atoms with Crippen molar-refractivity contribution in [1.29, 1.82) is 0 Å². The van der Waals surface area contributed by atoms with Crippen molar-refractivity contribution in [3.8, 4) is 0 Å². The largest absolute Gasteiger partial charge is 0.356 e. The maximum absolute atomic E-state index is 14.0. The van der Waals surface area contributed by atoms with Crippen LogP contribution in [-0.4, -0.2) is 36.6 Å². The zero-order valence-corrected chi connectivity index (χ0v) is 23.3. The molecular formula is C30H35FN4OSi. The number of carbonyl (C=O) groups is 1. The van der Waals surface area contributed by atoms with Crippen molar-refractivity contribution in [1.82, 2.24) is 9.55 Å². The Morgan fingerprint density at radius 2 is 1.84 bits per heavy atom. The molecule has 37 heavy (non-hydrogen) atoms. The number of carbonyl (C=O) groups excluding carboxylic acids is 1. The zero-order valence-electron chi connectivity index (χ0n) is 22.3. The van der Waals surface area contributed by atoms with Crippen LogP contribution in [0.5, 0.6) is 0 Å². The van der Waals surface area contributed by atoms with Gasteiger partial charge in [0.15, 0.2) is 0 Å². The molecule has 1 amide bonds. The van der Waals surface area contributed by atoms with Gasteiger partial charge in [-0.15, -0.1) is 0 Å². The van der Waals surface area contributed by atoms with Crippen LogP contribution in [0, 0.1) is 5.82 Å². The van der Waals surface area contributed by atoms with E-state index in [4.69, 9.17) is 0 Å². The van der Waals surface area contributed by atoms with Gasteiger partial charge in [0, 0.05) is 30.5 Å². The molecule has 2 aromatic heterocycles. The van der Waals surface area contributed by atoms with Gasteiger partial charge in [0.2, 0.25) is 0 Å². The smallest absolute Gasteiger partial charge is 0.272 e. The Hall–Kier alpha value is -3.45. The summed E-state index contributed by atoms with van der Waals surface area (Å²) in [7, 11) is -1.76. The molecule has 1 aliphatic heterocycles. The molecule has 0 spiro atoms. The first-order valence-electron chi connectivity index (χ1n) is 12.9. The minimum Gasteiger partial charge on any atom is -0.356 e. The van der Waals surface area contributed by atoms with Crippen LogP contribution in [0.2, 0.25) is 18.1 Å². The second kappa shape index (κ2) is 9.45. The lowest BCUT2D eigenvalue weighted by atomic mass is 10.2. The molecule has 5 rings (SSSR count). The number of rotatable bonds is 6. The number of benzene rings is 2. The summed E-state index contributed by atoms with van der Waals surface area (Å²) >= 11 is 0. The maximum Gasteiger partial charge on any atom is 0.272 e. The molecule has 0 unspecified atom stereocenters. The van der Waals surface area contributed by atoms with Crippen molar-refractivity contribution in [3.63, 3.8) is 0 Å². The molecule has 1 aliphatic rings. The molecule has 7 heteroatoms. The van der Waals surface area contributed by atoms with Gasteiger partial charge in [-0.3, -0.25) is 4.79 Å². The summed E-state index contributed by atoms with van der Waals surface area (Å²) < 4.78 is 16.0. The van der Waals surface area contributed by atoms with E-state index < -0.39 is 8.07 Å². The van der Waals surface area contributed by atoms with Crippen molar-refractivity contribution in [2.24, 2.45) is 0 Å². The van der Waals surface area contributed by atoms with Crippen LogP contribution >= 0.6 is 0 Å². The van der Waals surface area contributed by atoms with E-state index in [1.54, 1.807) is 12.3 Å². The highest BCUT2D eigenvalue weighted by atomic mass is 28.3. The molecule has 0 atom stereocenters. The number of hydrogen-bond donors (Lipinski definition) is 1. The molecule has 1 fully saturated rings. The average Bonchev–Trinajstić information content (AvgIpc) is 3.16. The van der Waals surface area contributed by atoms with E-state index in [1.165, 1.54) is 23.7 Å². The predicted molar refractivity (Wildman–Crippen MR) is 153 cm³/mol. The quantitative estimate of drug-likeness (QED) is 0.303. The Bertz CT molecular complexity index is 1450. The van der Waals surface area contributed by atoms with E-state index in [9.17, 15) is 9.18 Å². The number of anilines is 2. The van der Waals surface area contributed by atoms with Gasteiger partial charge < -0.3 is 14.8 Å². The third-order valence-corrected chi connectivity index (χ3v) is 13.7. The van der Waals surface area contributed by atoms with Gasteiger partial charge in [0.1, 0.15) is 17.3 Å². The Morgan fingerprint density at radius 1 is 1.05 bits per heavy atom. The molecule has 1 saturated heterocycles. The van der Waals surface area contributed by atoms with Crippen LogP contribution in [-0.2, 0) is 6.54 Å².